The largest absolute Gasteiger partial charge is 0.305 e. The van der Waals surface area contributed by atoms with Gasteiger partial charge < -0.3 is 9.97 Å². The van der Waals surface area contributed by atoms with E-state index in [9.17, 15) is 0 Å². The average Bonchev–Trinajstić information content (AvgIpc) is 3.44. The number of thiophene rings is 1. The van der Waals surface area contributed by atoms with Crippen LogP contribution in [0.1, 0.15) is 29.1 Å². The van der Waals surface area contributed by atoms with E-state index in [1.807, 2.05) is 81.4 Å². The van der Waals surface area contributed by atoms with E-state index in [4.69, 9.17) is 2.74 Å². The van der Waals surface area contributed by atoms with Gasteiger partial charge in [-0.25, -0.2) is 0 Å². The van der Waals surface area contributed by atoms with E-state index < -0.39 is 11.8 Å². The van der Waals surface area contributed by atoms with Crippen LogP contribution in [-0.2, 0) is 26.5 Å². The van der Waals surface area contributed by atoms with Gasteiger partial charge >= 0.3 is 0 Å². The van der Waals surface area contributed by atoms with Crippen LogP contribution in [0.25, 0.3) is 53.8 Å². The minimum Gasteiger partial charge on any atom is -0.305 e. The third-order valence-electron chi connectivity index (χ3n) is 6.36. The molecule has 2 nitrogen and oxygen atoms in total. The van der Waals surface area contributed by atoms with Crippen LogP contribution in [-0.4, -0.2) is 9.97 Å². The number of hydrogen-bond acceptors (Lipinski definition) is 3. The maximum atomic E-state index is 8.95. The zero-order chi connectivity index (χ0) is 27.9. The van der Waals surface area contributed by atoms with Crippen molar-refractivity contribution in [3.05, 3.63) is 120 Å². The molecule has 0 fully saturated rings. The summed E-state index contributed by atoms with van der Waals surface area (Å²) in [5, 5.41) is 8.48. The molecule has 0 aliphatic carbocycles. The first-order chi connectivity index (χ1) is 19.3. The van der Waals surface area contributed by atoms with Crippen molar-refractivity contribution in [2.75, 3.05) is 0 Å². The molecule has 0 saturated carbocycles. The van der Waals surface area contributed by atoms with Crippen molar-refractivity contribution in [1.29, 1.82) is 0 Å². The first-order valence-electron chi connectivity index (χ1n) is 13.7. The molecular weight excluding hydrogens is 673 g/mol. The fourth-order valence-electron chi connectivity index (χ4n) is 4.80. The number of hydrogen-bond donors (Lipinski definition) is 0. The predicted octanol–water partition coefficient (Wildman–Crippen LogP) is 9.69. The molecule has 7 rings (SSSR count). The number of nitrogens with zero attached hydrogens (tertiary/aromatic N) is 2. The maximum Gasteiger partial charge on any atom is 0.0348 e. The van der Waals surface area contributed by atoms with Gasteiger partial charge in [0.1, 0.15) is 0 Å². The first-order valence-corrected chi connectivity index (χ1v) is 13.5. The molecule has 4 heteroatoms. The number of benzene rings is 4. The molecule has 195 valence electrons. The quantitative estimate of drug-likeness (QED) is 0.133. The smallest absolute Gasteiger partial charge is 0.0348 e. The molecule has 0 N–H and O–H groups in total. The van der Waals surface area contributed by atoms with Crippen LogP contribution < -0.4 is 0 Å². The van der Waals surface area contributed by atoms with Gasteiger partial charge in [0.2, 0.25) is 0 Å². The number of aromatic nitrogens is 2. The van der Waals surface area contributed by atoms with E-state index in [-0.39, 0.29) is 20.1 Å². The Morgan fingerprint density at radius 1 is 0.821 bits per heavy atom. The Morgan fingerprint density at radius 3 is 2.44 bits per heavy atom. The monoisotopic (exact) mass is 703 g/mol. The predicted molar refractivity (Wildman–Crippen MR) is 163 cm³/mol. The second kappa shape index (κ2) is 11.4. The minimum atomic E-state index is -1.51. The van der Waals surface area contributed by atoms with Crippen LogP contribution in [0.5, 0.6) is 0 Å². The van der Waals surface area contributed by atoms with Gasteiger partial charge in [0.15, 0.2) is 0 Å². The molecular formula is C35H28IrN2S-2. The van der Waals surface area contributed by atoms with Gasteiger partial charge in [-0.2, -0.15) is 0 Å². The Hall–Kier alpha value is -3.43. The van der Waals surface area contributed by atoms with Crippen molar-refractivity contribution in [3.8, 4) is 11.3 Å². The number of rotatable bonds is 2. The van der Waals surface area contributed by atoms with Gasteiger partial charge in [0.05, 0.1) is 0 Å². The molecule has 0 atom stereocenters. The molecule has 0 unspecified atom stereocenters. The Bertz CT molecular complexity index is 1930. The third kappa shape index (κ3) is 5.65. The normalized spacial score (nSPS) is 12.5. The minimum absolute atomic E-state index is 0. The summed E-state index contributed by atoms with van der Waals surface area (Å²) in [4.78, 5) is 8.91. The number of pyridine rings is 2. The van der Waals surface area contributed by atoms with Crippen LogP contribution in [0.2, 0.25) is 0 Å². The fraction of sp³-hybridized carbons (Fsp3) is 0.143. The van der Waals surface area contributed by atoms with Crippen molar-refractivity contribution >= 4 is 53.9 Å². The van der Waals surface area contributed by atoms with Gasteiger partial charge in [-0.05, 0) is 74.4 Å². The molecule has 1 radical (unpaired) electrons. The zero-order valence-corrected chi connectivity index (χ0v) is 25.2. The Balaban J connectivity index is 0.000000218. The summed E-state index contributed by atoms with van der Waals surface area (Å²) in [5.74, 6) is 0. The summed E-state index contributed by atoms with van der Waals surface area (Å²) in [6, 6.07) is 34.6. The van der Waals surface area contributed by atoms with Crippen molar-refractivity contribution < 1.29 is 22.8 Å². The second-order valence-corrected chi connectivity index (χ2v) is 11.2. The van der Waals surface area contributed by atoms with E-state index in [0.29, 0.717) is 5.56 Å². The molecule has 7 aromatic rings. The molecule has 0 saturated heterocycles. The summed E-state index contributed by atoms with van der Waals surface area (Å²) in [5.41, 5.74) is 2.99. The van der Waals surface area contributed by atoms with Crippen LogP contribution in [0.3, 0.4) is 0 Å². The standard InChI is InChI=1S/C24H20NS.C11H8N.Ir/c1-24(2,3)14-16-8-10-25-23-18-7-5-4-6-17(18)19-12-15-9-11-26-21(15)13-20(19)22(16)23;1-2-6-10(7-3-1)11-8-4-5-9-12-11;/h4-6,8-13H,14H2,1-3H3;1-6,8-9H;/q2*-1;/i14D2;;. The van der Waals surface area contributed by atoms with Gasteiger partial charge in [0.25, 0.3) is 0 Å². The van der Waals surface area contributed by atoms with Crippen LogP contribution in [0.4, 0.5) is 0 Å². The van der Waals surface area contributed by atoms with Crippen LogP contribution in [0.15, 0.2) is 103 Å². The Labute approximate surface area is 249 Å². The molecule has 3 aromatic heterocycles. The van der Waals surface area contributed by atoms with Crippen LogP contribution in [0, 0.1) is 17.5 Å². The average molecular weight is 703 g/mol. The molecule has 0 aliphatic heterocycles. The Kier molecular flexibility index (Phi) is 7.16. The van der Waals surface area contributed by atoms with E-state index in [2.05, 4.69) is 51.7 Å². The van der Waals surface area contributed by atoms with Gasteiger partial charge in [-0.3, -0.25) is 0 Å². The fourth-order valence-corrected chi connectivity index (χ4v) is 5.61. The van der Waals surface area contributed by atoms with E-state index in [0.717, 1.165) is 43.7 Å². The summed E-state index contributed by atoms with van der Waals surface area (Å²) in [6.07, 6.45) is 2.02. The zero-order valence-electron chi connectivity index (χ0n) is 24.0. The second-order valence-electron chi connectivity index (χ2n) is 10.3. The topological polar surface area (TPSA) is 25.8 Å². The summed E-state index contributed by atoms with van der Waals surface area (Å²) >= 11 is 1.71. The summed E-state index contributed by atoms with van der Waals surface area (Å²) in [6.45, 7) is 5.85. The maximum absolute atomic E-state index is 8.95. The van der Waals surface area contributed by atoms with Crippen LogP contribution >= 0.6 is 11.3 Å². The molecule has 4 aromatic carbocycles. The van der Waals surface area contributed by atoms with E-state index >= 15 is 0 Å². The summed E-state index contributed by atoms with van der Waals surface area (Å²) in [7, 11) is 0. The third-order valence-corrected chi connectivity index (χ3v) is 7.24. The van der Waals surface area contributed by atoms with Crippen molar-refractivity contribution in [2.45, 2.75) is 27.1 Å². The van der Waals surface area contributed by atoms with E-state index in [1.54, 1.807) is 23.7 Å². The molecule has 39 heavy (non-hydrogen) atoms. The molecule has 3 heterocycles. The molecule has 0 aliphatic rings. The molecule has 0 bridgehead atoms. The first kappa shape index (κ1) is 24.6. The van der Waals surface area contributed by atoms with Gasteiger partial charge in [-0.15, -0.1) is 76.9 Å². The van der Waals surface area contributed by atoms with Gasteiger partial charge in [0, 0.05) is 39.9 Å². The summed E-state index contributed by atoms with van der Waals surface area (Å²) < 4.78 is 19.1. The number of fused-ring (bicyclic) bond motifs is 7. The van der Waals surface area contributed by atoms with Gasteiger partial charge in [-0.1, -0.05) is 49.7 Å². The van der Waals surface area contributed by atoms with Crippen molar-refractivity contribution in [2.24, 2.45) is 5.41 Å². The van der Waals surface area contributed by atoms with E-state index in [1.165, 1.54) is 10.1 Å². The Morgan fingerprint density at radius 2 is 1.67 bits per heavy atom. The van der Waals surface area contributed by atoms with Crippen molar-refractivity contribution in [3.63, 3.8) is 0 Å². The molecule has 0 amide bonds. The molecule has 0 spiro atoms. The van der Waals surface area contributed by atoms with Crippen molar-refractivity contribution in [1.82, 2.24) is 9.97 Å². The SMILES string of the molecule is [2H]C([2H])(c1ccnc2c3[c-]cccc3c3cc4ccsc4cc3c12)C(C)(C)C.[Ir].[c-]1ccccc1-c1ccccn1.